The molecule has 4 heterocycles. The van der Waals surface area contributed by atoms with E-state index < -0.39 is 40.7 Å². The van der Waals surface area contributed by atoms with Crippen molar-refractivity contribution in [3.8, 4) is 0 Å². The molecule has 0 N–H and O–H groups in total. The lowest BCUT2D eigenvalue weighted by atomic mass is 9.83. The van der Waals surface area contributed by atoms with E-state index in [4.69, 9.17) is 4.74 Å². The Morgan fingerprint density at radius 3 is 2.31 bits per heavy atom. The van der Waals surface area contributed by atoms with Crippen LogP contribution >= 0.6 is 23.1 Å². The number of hydrogen-bond acceptors (Lipinski definition) is 8. The molecule has 3 aliphatic heterocycles. The smallest absolute Gasteiger partial charge is 0.338 e. The predicted molar refractivity (Wildman–Crippen MR) is 155 cm³/mol. The van der Waals surface area contributed by atoms with Crippen molar-refractivity contribution in [1.29, 1.82) is 0 Å². The second-order valence-electron chi connectivity index (χ2n) is 10.4. The number of anilines is 1. The van der Waals surface area contributed by atoms with Crippen LogP contribution in [0.2, 0.25) is 0 Å². The van der Waals surface area contributed by atoms with E-state index in [2.05, 4.69) is 0 Å². The predicted octanol–water partition coefficient (Wildman–Crippen LogP) is 4.03. The van der Waals surface area contributed by atoms with E-state index in [1.807, 2.05) is 0 Å². The number of piperidine rings is 1. The second-order valence-corrected chi connectivity index (χ2v) is 12.6. The van der Waals surface area contributed by atoms with Gasteiger partial charge in [0.15, 0.2) is 0 Å². The summed E-state index contributed by atoms with van der Waals surface area (Å²) >= 11 is 2.09. The molecule has 2 fully saturated rings. The van der Waals surface area contributed by atoms with Gasteiger partial charge in [-0.05, 0) is 68.1 Å². The number of thiazole rings is 1. The fourth-order valence-electron chi connectivity index (χ4n) is 5.88. The number of amides is 3. The maximum Gasteiger partial charge on any atom is 0.338 e. The standard InChI is InChI=1S/C30H28FN3O6S2/c1-2-40-29(38)18-8-12-20(13-9-18)34-26(36)23-22(17-6-10-19(31)11-7-17)25-28(41-24(23)27(34)37)33(30(39)42-25)16-21(35)32-14-4-3-5-15-32/h6-13,22-24H,2-5,14-16H2,1H3/t22-,23?,24?/m0/s1. The molecule has 0 radical (unpaired) electrons. The summed E-state index contributed by atoms with van der Waals surface area (Å²) < 4.78 is 20.4. The minimum Gasteiger partial charge on any atom is -0.462 e. The average molecular weight is 610 g/mol. The number of thioether (sulfide) groups is 1. The third-order valence-corrected chi connectivity index (χ3v) is 10.5. The topological polar surface area (TPSA) is 106 Å². The first kappa shape index (κ1) is 28.4. The van der Waals surface area contributed by atoms with Crippen molar-refractivity contribution < 1.29 is 28.3 Å². The number of likely N-dealkylation sites (tertiary alicyclic amines) is 1. The number of carbonyl (C=O) groups excluding carboxylic acids is 4. The van der Waals surface area contributed by atoms with Gasteiger partial charge >= 0.3 is 10.8 Å². The minimum atomic E-state index is -0.866. The molecule has 3 amide bonds. The average Bonchev–Trinajstić information content (AvgIpc) is 3.44. The third kappa shape index (κ3) is 4.96. The molecule has 3 aromatic rings. The van der Waals surface area contributed by atoms with E-state index >= 15 is 0 Å². The molecule has 6 rings (SSSR count). The summed E-state index contributed by atoms with van der Waals surface area (Å²) in [4.78, 5) is 69.5. The Balaban J connectivity index is 1.38. The number of esters is 1. The number of fused-ring (bicyclic) bond motifs is 2. The fourth-order valence-corrected chi connectivity index (χ4v) is 8.65. The Morgan fingerprint density at radius 2 is 1.64 bits per heavy atom. The van der Waals surface area contributed by atoms with E-state index in [9.17, 15) is 28.4 Å². The van der Waals surface area contributed by atoms with Crippen LogP contribution in [0.4, 0.5) is 10.1 Å². The lowest BCUT2D eigenvalue weighted by molar-refractivity contribution is -0.133. The largest absolute Gasteiger partial charge is 0.462 e. The fraction of sp³-hybridized carbons (Fsp3) is 0.367. The summed E-state index contributed by atoms with van der Waals surface area (Å²) in [6.45, 7) is 3.06. The zero-order chi connectivity index (χ0) is 29.5. The van der Waals surface area contributed by atoms with E-state index in [1.165, 1.54) is 41.0 Å². The summed E-state index contributed by atoms with van der Waals surface area (Å²) in [5.74, 6) is -3.55. The molecule has 0 spiro atoms. The monoisotopic (exact) mass is 609 g/mol. The number of aromatic nitrogens is 1. The Bertz CT molecular complexity index is 1610. The summed E-state index contributed by atoms with van der Waals surface area (Å²) in [7, 11) is 0. The highest BCUT2D eigenvalue weighted by molar-refractivity contribution is 8.00. The van der Waals surface area contributed by atoms with Crippen molar-refractivity contribution in [2.75, 3.05) is 24.6 Å². The molecular weight excluding hydrogens is 581 g/mol. The molecular formula is C30H28FN3O6S2. The van der Waals surface area contributed by atoms with Crippen LogP contribution in [-0.2, 0) is 25.7 Å². The van der Waals surface area contributed by atoms with Gasteiger partial charge in [-0.25, -0.2) is 14.1 Å². The van der Waals surface area contributed by atoms with Gasteiger partial charge in [-0.2, -0.15) is 0 Å². The van der Waals surface area contributed by atoms with E-state index in [0.29, 0.717) is 39.8 Å². The zero-order valence-electron chi connectivity index (χ0n) is 22.8. The highest BCUT2D eigenvalue weighted by Crippen LogP contribution is 2.53. The lowest BCUT2D eigenvalue weighted by Crippen LogP contribution is -2.39. The molecule has 12 heteroatoms. The van der Waals surface area contributed by atoms with Crippen molar-refractivity contribution in [3.05, 3.63) is 80.0 Å². The quantitative estimate of drug-likeness (QED) is 0.307. The van der Waals surface area contributed by atoms with Crippen LogP contribution in [0, 0.1) is 11.7 Å². The molecule has 0 bridgehead atoms. The summed E-state index contributed by atoms with van der Waals surface area (Å²) in [6.07, 6.45) is 2.90. The van der Waals surface area contributed by atoms with Crippen LogP contribution in [-0.4, -0.2) is 58.1 Å². The maximum atomic E-state index is 14.0. The number of hydrogen-bond donors (Lipinski definition) is 0. The van der Waals surface area contributed by atoms with Crippen LogP contribution in [0.5, 0.6) is 0 Å². The van der Waals surface area contributed by atoms with Gasteiger partial charge in [-0.15, -0.1) is 0 Å². The molecule has 2 unspecified atom stereocenters. The van der Waals surface area contributed by atoms with Crippen LogP contribution in [0.15, 0.2) is 58.4 Å². The lowest BCUT2D eigenvalue weighted by Gasteiger charge is -2.31. The van der Waals surface area contributed by atoms with Crippen LogP contribution in [0.25, 0.3) is 0 Å². The molecule has 3 aliphatic rings. The van der Waals surface area contributed by atoms with Gasteiger partial charge in [0, 0.05) is 23.9 Å². The maximum absolute atomic E-state index is 14.0. The molecule has 0 saturated carbocycles. The van der Waals surface area contributed by atoms with Crippen molar-refractivity contribution in [1.82, 2.24) is 9.47 Å². The van der Waals surface area contributed by atoms with Gasteiger partial charge in [0.2, 0.25) is 17.7 Å². The van der Waals surface area contributed by atoms with E-state index in [-0.39, 0.29) is 23.9 Å². The van der Waals surface area contributed by atoms with Crippen molar-refractivity contribution in [2.45, 2.75) is 48.9 Å². The van der Waals surface area contributed by atoms with E-state index in [0.717, 1.165) is 47.3 Å². The molecule has 2 aromatic carbocycles. The van der Waals surface area contributed by atoms with Gasteiger partial charge in [0.1, 0.15) is 17.6 Å². The summed E-state index contributed by atoms with van der Waals surface area (Å²) in [5, 5.41) is -0.373. The van der Waals surface area contributed by atoms with E-state index in [1.54, 1.807) is 24.0 Å². The molecule has 9 nitrogen and oxygen atoms in total. The number of ether oxygens (including phenoxy) is 1. The van der Waals surface area contributed by atoms with Crippen molar-refractivity contribution in [3.63, 3.8) is 0 Å². The first-order valence-electron chi connectivity index (χ1n) is 13.9. The van der Waals surface area contributed by atoms with Gasteiger partial charge in [-0.1, -0.05) is 35.2 Å². The molecule has 3 atom stereocenters. The molecule has 0 aliphatic carbocycles. The molecule has 42 heavy (non-hydrogen) atoms. The first-order valence-corrected chi connectivity index (χ1v) is 15.6. The number of benzene rings is 2. The van der Waals surface area contributed by atoms with Crippen molar-refractivity contribution in [2.24, 2.45) is 5.92 Å². The normalized spacial score (nSPS) is 21.7. The Morgan fingerprint density at radius 1 is 0.952 bits per heavy atom. The number of rotatable bonds is 6. The minimum absolute atomic E-state index is 0.146. The first-order chi connectivity index (χ1) is 20.3. The number of imide groups is 1. The van der Waals surface area contributed by atoms with Crippen LogP contribution in [0.1, 0.15) is 52.9 Å². The van der Waals surface area contributed by atoms with Crippen LogP contribution < -0.4 is 9.77 Å². The number of halogens is 1. The van der Waals surface area contributed by atoms with Gasteiger partial charge in [0.25, 0.3) is 0 Å². The Kier molecular flexibility index (Phi) is 7.75. The third-order valence-electron chi connectivity index (χ3n) is 7.92. The number of carbonyl (C=O) groups is 4. The van der Waals surface area contributed by atoms with Gasteiger partial charge < -0.3 is 9.64 Å². The van der Waals surface area contributed by atoms with Crippen LogP contribution in [0.3, 0.4) is 0 Å². The zero-order valence-corrected chi connectivity index (χ0v) is 24.4. The molecule has 1 aromatic heterocycles. The Labute approximate surface area is 249 Å². The highest BCUT2D eigenvalue weighted by atomic mass is 32.2. The summed E-state index contributed by atoms with van der Waals surface area (Å²) in [5.41, 5.74) is 1.21. The van der Waals surface area contributed by atoms with Crippen molar-refractivity contribution >= 4 is 52.5 Å². The number of nitrogens with zero attached hydrogens (tertiary/aromatic N) is 3. The molecule has 2 saturated heterocycles. The highest BCUT2D eigenvalue weighted by Gasteiger charge is 2.56. The Hall–Kier alpha value is -3.77. The second kappa shape index (κ2) is 11.5. The SMILES string of the molecule is CCOC(=O)c1ccc(N2C(=O)C3Sc4c(sc(=O)n4CC(=O)N4CCCCC4)[C@@H](c4ccc(F)cc4)C3C2=O)cc1. The summed E-state index contributed by atoms with van der Waals surface area (Å²) in [6, 6.07) is 11.8. The molecule has 218 valence electrons. The van der Waals surface area contributed by atoms with Gasteiger partial charge in [-0.3, -0.25) is 23.7 Å². The van der Waals surface area contributed by atoms with Gasteiger partial charge in [0.05, 0.1) is 28.8 Å².